The van der Waals surface area contributed by atoms with Gasteiger partial charge in [0.15, 0.2) is 0 Å². The third kappa shape index (κ3) is 5.00. The lowest BCUT2D eigenvalue weighted by atomic mass is 9.55. The summed E-state index contributed by atoms with van der Waals surface area (Å²) in [4.78, 5) is 17.2. The van der Waals surface area contributed by atoms with Crippen molar-refractivity contribution in [1.82, 2.24) is 9.80 Å². The zero-order valence-corrected chi connectivity index (χ0v) is 20.7. The molecule has 186 valence electrons. The van der Waals surface area contributed by atoms with E-state index in [2.05, 4.69) is 17.5 Å². The van der Waals surface area contributed by atoms with E-state index in [0.717, 1.165) is 42.8 Å². The van der Waals surface area contributed by atoms with Crippen LogP contribution in [-0.2, 0) is 10.2 Å². The Balaban J connectivity index is 1.61. The van der Waals surface area contributed by atoms with E-state index in [-0.39, 0.29) is 17.7 Å². The number of ether oxygens (including phenoxy) is 1. The number of hydrogen-bond acceptors (Lipinski definition) is 5. The number of fused-ring (bicyclic) bond motifs is 1. The molecule has 1 saturated carbocycles. The predicted octanol–water partition coefficient (Wildman–Crippen LogP) is 3.99. The normalized spacial score (nSPS) is 26.8. The Morgan fingerprint density at radius 1 is 1.26 bits per heavy atom. The van der Waals surface area contributed by atoms with Gasteiger partial charge in [-0.15, -0.1) is 6.58 Å². The van der Waals surface area contributed by atoms with Crippen molar-refractivity contribution in [1.29, 1.82) is 0 Å². The fraction of sp³-hybridized carbons (Fsp3) is 0.414. The molecule has 2 fully saturated rings. The van der Waals surface area contributed by atoms with E-state index in [4.69, 9.17) is 4.74 Å². The van der Waals surface area contributed by atoms with Crippen molar-refractivity contribution in [2.75, 3.05) is 33.8 Å². The third-order valence-corrected chi connectivity index (χ3v) is 7.90. The molecule has 2 aromatic rings. The van der Waals surface area contributed by atoms with Crippen LogP contribution in [0.3, 0.4) is 0 Å². The van der Waals surface area contributed by atoms with Gasteiger partial charge in [0.1, 0.15) is 11.5 Å². The van der Waals surface area contributed by atoms with Crippen molar-refractivity contribution >= 4 is 12.0 Å². The molecule has 2 aliphatic rings. The number of carbonyl (C=O) groups excluding carboxylic acids is 1. The van der Waals surface area contributed by atoms with E-state index in [9.17, 15) is 15.0 Å². The summed E-state index contributed by atoms with van der Waals surface area (Å²) in [7, 11) is 3.50. The van der Waals surface area contributed by atoms with Gasteiger partial charge in [0.25, 0.3) is 0 Å². The fourth-order valence-electron chi connectivity index (χ4n) is 5.92. The summed E-state index contributed by atoms with van der Waals surface area (Å²) in [6.07, 6.45) is 7.98. The molecular formula is C29H36N2O4. The molecule has 1 aliphatic carbocycles. The van der Waals surface area contributed by atoms with E-state index in [1.807, 2.05) is 37.4 Å². The number of piperidine rings is 1. The molecule has 1 aliphatic heterocycles. The number of amides is 1. The Kier molecular flexibility index (Phi) is 7.33. The van der Waals surface area contributed by atoms with E-state index >= 15 is 0 Å². The molecule has 6 nitrogen and oxygen atoms in total. The Morgan fingerprint density at radius 2 is 2.06 bits per heavy atom. The maximum atomic E-state index is 13.1. The van der Waals surface area contributed by atoms with Crippen molar-refractivity contribution in [3.05, 3.63) is 78.4 Å². The lowest BCUT2D eigenvalue weighted by Gasteiger charge is -2.59. The van der Waals surface area contributed by atoms with Crippen molar-refractivity contribution in [3.8, 4) is 11.5 Å². The number of β-amino-alcohol motifs (C(OH)–C–C–N with tert-alkyl or cyclic N) is 1. The summed E-state index contributed by atoms with van der Waals surface area (Å²) in [5, 5.41) is 21.8. The number of aromatic hydroxyl groups is 1. The maximum Gasteiger partial charge on any atom is 0.246 e. The lowest BCUT2D eigenvalue weighted by molar-refractivity contribution is -0.143. The molecule has 6 heteroatoms. The predicted molar refractivity (Wildman–Crippen MR) is 138 cm³/mol. The van der Waals surface area contributed by atoms with Gasteiger partial charge in [0.2, 0.25) is 5.91 Å². The number of phenols is 1. The average molecular weight is 477 g/mol. The number of likely N-dealkylation sites (N-methyl/N-ethyl adjacent to an activating group) is 1. The first-order chi connectivity index (χ1) is 16.8. The highest BCUT2D eigenvalue weighted by molar-refractivity contribution is 5.91. The van der Waals surface area contributed by atoms with Crippen molar-refractivity contribution < 1.29 is 19.7 Å². The van der Waals surface area contributed by atoms with E-state index in [1.54, 1.807) is 42.4 Å². The van der Waals surface area contributed by atoms with Gasteiger partial charge in [-0.05, 0) is 73.7 Å². The highest BCUT2D eigenvalue weighted by atomic mass is 16.5. The Hall–Kier alpha value is -3.09. The van der Waals surface area contributed by atoms with Crippen LogP contribution in [0.5, 0.6) is 11.5 Å². The molecular weight excluding hydrogens is 440 g/mol. The summed E-state index contributed by atoms with van der Waals surface area (Å²) in [5.74, 6) is 0.851. The second-order valence-electron chi connectivity index (χ2n) is 9.89. The maximum absolute atomic E-state index is 13.1. The van der Waals surface area contributed by atoms with Gasteiger partial charge < -0.3 is 19.8 Å². The standard InChI is InChI=1S/C29H36N2O4/c1-4-16-31-17-15-28(23-8-6-10-26(19-23)35-3)20-24(13-14-29(28,34)21-31)30(2)27(33)12-11-22-7-5-9-25(32)18-22/h4-12,18-19,24,32,34H,1,13-17,20-21H2,2-3H3/b12-11+. The van der Waals surface area contributed by atoms with E-state index in [1.165, 1.54) is 0 Å². The van der Waals surface area contributed by atoms with Crippen LogP contribution in [0, 0.1) is 0 Å². The average Bonchev–Trinajstić information content (AvgIpc) is 2.86. The van der Waals surface area contributed by atoms with Crippen LogP contribution in [0.25, 0.3) is 6.08 Å². The molecule has 0 spiro atoms. The molecule has 35 heavy (non-hydrogen) atoms. The number of benzene rings is 2. The smallest absolute Gasteiger partial charge is 0.246 e. The minimum atomic E-state index is -0.904. The van der Waals surface area contributed by atoms with Gasteiger partial charge in [-0.1, -0.05) is 30.3 Å². The van der Waals surface area contributed by atoms with Crippen LogP contribution in [0.4, 0.5) is 0 Å². The molecule has 0 bridgehead atoms. The Morgan fingerprint density at radius 3 is 2.80 bits per heavy atom. The van der Waals surface area contributed by atoms with E-state index < -0.39 is 11.0 Å². The van der Waals surface area contributed by atoms with Crippen molar-refractivity contribution in [3.63, 3.8) is 0 Å². The van der Waals surface area contributed by atoms with Gasteiger partial charge in [-0.2, -0.15) is 0 Å². The van der Waals surface area contributed by atoms with Crippen molar-refractivity contribution in [2.24, 2.45) is 0 Å². The van der Waals surface area contributed by atoms with Crippen LogP contribution < -0.4 is 4.74 Å². The highest BCUT2D eigenvalue weighted by Gasteiger charge is 2.58. The molecule has 1 amide bonds. The first-order valence-corrected chi connectivity index (χ1v) is 12.2. The van der Waals surface area contributed by atoms with Crippen LogP contribution >= 0.6 is 0 Å². The fourth-order valence-corrected chi connectivity index (χ4v) is 5.92. The molecule has 1 saturated heterocycles. The number of rotatable bonds is 7. The zero-order chi connectivity index (χ0) is 25.1. The van der Waals surface area contributed by atoms with Gasteiger partial charge >= 0.3 is 0 Å². The van der Waals surface area contributed by atoms with Crippen LogP contribution in [-0.4, -0.2) is 71.4 Å². The van der Waals surface area contributed by atoms with Gasteiger partial charge in [-0.25, -0.2) is 0 Å². The molecule has 0 aromatic heterocycles. The molecule has 2 aromatic carbocycles. The van der Waals surface area contributed by atoms with Crippen LogP contribution in [0.1, 0.15) is 36.8 Å². The summed E-state index contributed by atoms with van der Waals surface area (Å²) in [6, 6.07) is 14.9. The van der Waals surface area contributed by atoms with Crippen molar-refractivity contribution in [2.45, 2.75) is 42.7 Å². The second-order valence-corrected chi connectivity index (χ2v) is 9.89. The quantitative estimate of drug-likeness (QED) is 0.467. The molecule has 3 atom stereocenters. The number of hydrogen-bond donors (Lipinski definition) is 2. The minimum Gasteiger partial charge on any atom is -0.508 e. The summed E-state index contributed by atoms with van der Waals surface area (Å²) >= 11 is 0. The number of carbonyl (C=O) groups is 1. The SMILES string of the molecule is C=CCN1CCC2(c3cccc(OC)c3)CC(N(C)C(=O)/C=C/c3cccc(O)c3)CCC2(O)C1. The number of likely N-dealkylation sites (tertiary alicyclic amines) is 1. The first-order valence-electron chi connectivity index (χ1n) is 12.2. The Labute approximate surface area is 208 Å². The lowest BCUT2D eigenvalue weighted by Crippen LogP contribution is -2.67. The number of phenolic OH excluding ortho intramolecular Hbond substituents is 1. The third-order valence-electron chi connectivity index (χ3n) is 7.90. The molecule has 1 heterocycles. The largest absolute Gasteiger partial charge is 0.508 e. The van der Waals surface area contributed by atoms with Crippen LogP contribution in [0.2, 0.25) is 0 Å². The molecule has 3 unspecified atom stereocenters. The summed E-state index contributed by atoms with van der Waals surface area (Å²) in [6.45, 7) is 6.06. The zero-order valence-electron chi connectivity index (χ0n) is 20.7. The number of nitrogens with zero attached hydrogens (tertiary/aromatic N) is 2. The van der Waals surface area contributed by atoms with Gasteiger partial charge in [0.05, 0.1) is 12.7 Å². The van der Waals surface area contributed by atoms with E-state index in [0.29, 0.717) is 19.4 Å². The molecule has 2 N–H and O–H groups in total. The molecule has 4 rings (SSSR count). The highest BCUT2D eigenvalue weighted by Crippen LogP contribution is 2.52. The Bertz CT molecular complexity index is 1100. The minimum absolute atomic E-state index is 0.00578. The summed E-state index contributed by atoms with van der Waals surface area (Å²) in [5.41, 5.74) is 0.454. The van der Waals surface area contributed by atoms with Crippen LogP contribution in [0.15, 0.2) is 67.3 Å². The number of methoxy groups -OCH3 is 1. The number of aliphatic hydroxyl groups is 1. The molecule has 0 radical (unpaired) electrons. The topological polar surface area (TPSA) is 73.2 Å². The second kappa shape index (κ2) is 10.3. The monoisotopic (exact) mass is 476 g/mol. The first kappa shape index (κ1) is 25.0. The van der Waals surface area contributed by atoms with Gasteiger partial charge in [0, 0.05) is 37.7 Å². The van der Waals surface area contributed by atoms with Gasteiger partial charge in [-0.3, -0.25) is 9.69 Å². The summed E-state index contributed by atoms with van der Waals surface area (Å²) < 4.78 is 5.51.